The van der Waals surface area contributed by atoms with Crippen LogP contribution in [0, 0.1) is 0 Å². The number of fused-ring (bicyclic) bond motifs is 1. The number of nitrogen functional groups attached to an aromatic ring is 1. The first kappa shape index (κ1) is 9.91. The van der Waals surface area contributed by atoms with Crippen molar-refractivity contribution in [3.05, 3.63) is 11.3 Å². The smallest absolute Gasteiger partial charge is 0.125 e. The lowest BCUT2D eigenvalue weighted by Gasteiger charge is -2.39. The zero-order valence-corrected chi connectivity index (χ0v) is 10.0. The van der Waals surface area contributed by atoms with Crippen molar-refractivity contribution in [1.82, 2.24) is 20.0 Å². The van der Waals surface area contributed by atoms with E-state index in [1.165, 1.54) is 24.1 Å². The summed E-state index contributed by atoms with van der Waals surface area (Å²) in [5, 5.41) is 8.04. The van der Waals surface area contributed by atoms with E-state index in [9.17, 15) is 0 Å². The Kier molecular flexibility index (Phi) is 2.02. The maximum absolute atomic E-state index is 6.23. The number of hydrogen-bond acceptors (Lipinski definition) is 4. The molecule has 92 valence electrons. The second kappa shape index (κ2) is 3.46. The minimum Gasteiger partial charge on any atom is -0.384 e. The lowest BCUT2D eigenvalue weighted by molar-refractivity contribution is 0.0915. The molecule has 0 radical (unpaired) electrons. The van der Waals surface area contributed by atoms with Crippen LogP contribution in [0.5, 0.6) is 0 Å². The molecule has 4 rings (SSSR count). The molecule has 1 saturated heterocycles. The minimum absolute atomic E-state index is 0.515. The average Bonchev–Trinajstić information content (AvgIpc) is 3.05. The number of nitrogens with zero attached hydrogens (tertiary/aromatic N) is 3. The van der Waals surface area contributed by atoms with Gasteiger partial charge in [0.15, 0.2) is 0 Å². The molecule has 5 nitrogen and oxygen atoms in total. The Bertz CT molecular complexity index is 442. The number of hydrogen-bond donors (Lipinski definition) is 2. The summed E-state index contributed by atoms with van der Waals surface area (Å²) in [5.41, 5.74) is 8.68. The molecule has 0 spiro atoms. The normalized spacial score (nSPS) is 25.6. The third kappa shape index (κ3) is 1.49. The molecule has 2 aliphatic heterocycles. The number of aromatic nitrogens is 2. The highest BCUT2D eigenvalue weighted by Gasteiger charge is 2.40. The molecule has 0 atom stereocenters. The summed E-state index contributed by atoms with van der Waals surface area (Å²) in [7, 11) is 0. The number of likely N-dealkylation sites (tertiary alicyclic amines) is 1. The summed E-state index contributed by atoms with van der Waals surface area (Å²) in [5.74, 6) is 0.918. The number of nitrogens with two attached hydrogens (primary N) is 1. The molecule has 5 heteroatoms. The van der Waals surface area contributed by atoms with Crippen molar-refractivity contribution in [2.24, 2.45) is 0 Å². The highest BCUT2D eigenvalue weighted by Crippen LogP contribution is 2.36. The molecule has 1 aliphatic carbocycles. The van der Waals surface area contributed by atoms with Gasteiger partial charge in [-0.3, -0.25) is 4.90 Å². The molecule has 1 aromatic rings. The van der Waals surface area contributed by atoms with Crippen molar-refractivity contribution in [2.75, 3.05) is 25.4 Å². The zero-order valence-electron chi connectivity index (χ0n) is 10.0. The monoisotopic (exact) mass is 233 g/mol. The standard InChI is InChI=1S/C12H19N5/c13-12-10-3-4-14-5-11(10)15-17(12)9-6-16(7-9)8-1-2-8/h8-9,14H,1-7,13H2. The Morgan fingerprint density at radius 1 is 1.24 bits per heavy atom. The van der Waals surface area contributed by atoms with E-state index in [1.54, 1.807) is 0 Å². The van der Waals surface area contributed by atoms with Gasteiger partial charge < -0.3 is 11.1 Å². The summed E-state index contributed by atoms with van der Waals surface area (Å²) >= 11 is 0. The fraction of sp³-hybridized carbons (Fsp3) is 0.750. The first-order valence-corrected chi connectivity index (χ1v) is 6.63. The molecule has 3 aliphatic rings. The second-order valence-corrected chi connectivity index (χ2v) is 5.52. The van der Waals surface area contributed by atoms with Crippen molar-refractivity contribution in [3.63, 3.8) is 0 Å². The Balaban J connectivity index is 1.55. The number of anilines is 1. The van der Waals surface area contributed by atoms with E-state index in [-0.39, 0.29) is 0 Å². The van der Waals surface area contributed by atoms with Gasteiger partial charge >= 0.3 is 0 Å². The van der Waals surface area contributed by atoms with E-state index in [0.29, 0.717) is 6.04 Å². The summed E-state index contributed by atoms with van der Waals surface area (Å²) in [4.78, 5) is 2.56. The maximum Gasteiger partial charge on any atom is 0.125 e. The predicted molar refractivity (Wildman–Crippen MR) is 65.7 cm³/mol. The molecule has 0 bridgehead atoms. The fourth-order valence-electron chi connectivity index (χ4n) is 3.02. The van der Waals surface area contributed by atoms with Crippen LogP contribution < -0.4 is 11.1 Å². The van der Waals surface area contributed by atoms with E-state index in [2.05, 4.69) is 20.0 Å². The Labute approximate surface area is 101 Å². The molecule has 0 aromatic carbocycles. The molecular formula is C12H19N5. The predicted octanol–water partition coefficient (Wildman–Crippen LogP) is 0.130. The van der Waals surface area contributed by atoms with Gasteiger partial charge in [-0.15, -0.1) is 0 Å². The van der Waals surface area contributed by atoms with Gasteiger partial charge in [0.05, 0.1) is 11.7 Å². The molecule has 1 aromatic heterocycles. The van der Waals surface area contributed by atoms with Gasteiger partial charge in [-0.05, 0) is 25.8 Å². The van der Waals surface area contributed by atoms with Crippen LogP contribution in [0.15, 0.2) is 0 Å². The SMILES string of the molecule is Nc1c2c(nn1C1CN(C3CC3)C1)CNCC2. The van der Waals surface area contributed by atoms with Crippen LogP contribution in [0.3, 0.4) is 0 Å². The largest absolute Gasteiger partial charge is 0.384 e. The molecule has 17 heavy (non-hydrogen) atoms. The zero-order chi connectivity index (χ0) is 11.4. The fourth-order valence-corrected chi connectivity index (χ4v) is 3.02. The van der Waals surface area contributed by atoms with Gasteiger partial charge in [-0.25, -0.2) is 4.68 Å². The van der Waals surface area contributed by atoms with Crippen molar-refractivity contribution in [1.29, 1.82) is 0 Å². The highest BCUT2D eigenvalue weighted by atomic mass is 15.4. The van der Waals surface area contributed by atoms with Crippen molar-refractivity contribution >= 4 is 5.82 Å². The van der Waals surface area contributed by atoms with Gasteiger partial charge in [0.25, 0.3) is 0 Å². The van der Waals surface area contributed by atoms with Crippen molar-refractivity contribution < 1.29 is 0 Å². The molecular weight excluding hydrogens is 214 g/mol. The Morgan fingerprint density at radius 3 is 2.76 bits per heavy atom. The molecule has 0 unspecified atom stereocenters. The summed E-state index contributed by atoms with van der Waals surface area (Å²) in [6, 6.07) is 1.39. The van der Waals surface area contributed by atoms with Crippen molar-refractivity contribution in [3.8, 4) is 0 Å². The van der Waals surface area contributed by atoms with E-state index < -0.39 is 0 Å². The lowest BCUT2D eigenvalue weighted by Crippen LogP contribution is -2.49. The molecule has 2 fully saturated rings. The minimum atomic E-state index is 0.515. The highest BCUT2D eigenvalue weighted by molar-refractivity contribution is 5.45. The summed E-state index contributed by atoms with van der Waals surface area (Å²) in [6.07, 6.45) is 3.81. The third-order valence-electron chi connectivity index (χ3n) is 4.28. The quantitative estimate of drug-likeness (QED) is 0.762. The van der Waals surface area contributed by atoms with Gasteiger partial charge in [-0.2, -0.15) is 5.10 Å². The first-order chi connectivity index (χ1) is 8.33. The molecule has 3 N–H and O–H groups in total. The average molecular weight is 233 g/mol. The Hall–Kier alpha value is -1.07. The summed E-state index contributed by atoms with van der Waals surface area (Å²) in [6.45, 7) is 4.19. The van der Waals surface area contributed by atoms with Crippen LogP contribution in [0.2, 0.25) is 0 Å². The van der Waals surface area contributed by atoms with Crippen LogP contribution in [0.4, 0.5) is 5.82 Å². The van der Waals surface area contributed by atoms with E-state index in [0.717, 1.165) is 44.5 Å². The molecule has 3 heterocycles. The van der Waals surface area contributed by atoms with Crippen LogP contribution in [0.1, 0.15) is 30.1 Å². The number of nitrogens with one attached hydrogen (secondary N) is 1. The maximum atomic E-state index is 6.23. The number of rotatable bonds is 2. The topological polar surface area (TPSA) is 59.1 Å². The van der Waals surface area contributed by atoms with Crippen LogP contribution in [0.25, 0.3) is 0 Å². The second-order valence-electron chi connectivity index (χ2n) is 5.52. The van der Waals surface area contributed by atoms with Gasteiger partial charge in [-0.1, -0.05) is 0 Å². The Morgan fingerprint density at radius 2 is 2.06 bits per heavy atom. The van der Waals surface area contributed by atoms with Crippen LogP contribution >= 0.6 is 0 Å². The van der Waals surface area contributed by atoms with Gasteiger partial charge in [0, 0.05) is 31.2 Å². The van der Waals surface area contributed by atoms with E-state index in [4.69, 9.17) is 5.73 Å². The van der Waals surface area contributed by atoms with E-state index in [1.807, 2.05) is 0 Å². The molecule has 0 amide bonds. The first-order valence-electron chi connectivity index (χ1n) is 6.63. The van der Waals surface area contributed by atoms with Crippen LogP contribution in [-0.4, -0.2) is 40.4 Å². The van der Waals surface area contributed by atoms with Crippen molar-refractivity contribution in [2.45, 2.75) is 37.9 Å². The lowest BCUT2D eigenvalue weighted by atomic mass is 10.1. The summed E-state index contributed by atoms with van der Waals surface area (Å²) < 4.78 is 2.08. The van der Waals surface area contributed by atoms with E-state index >= 15 is 0 Å². The third-order valence-corrected chi connectivity index (χ3v) is 4.28. The van der Waals surface area contributed by atoms with Gasteiger partial charge in [0.2, 0.25) is 0 Å². The van der Waals surface area contributed by atoms with Gasteiger partial charge in [0.1, 0.15) is 5.82 Å². The molecule has 1 saturated carbocycles. The van der Waals surface area contributed by atoms with Crippen LogP contribution in [-0.2, 0) is 13.0 Å².